The molecule has 20 heavy (non-hydrogen) atoms. The molecule has 0 saturated carbocycles. The fourth-order valence-corrected chi connectivity index (χ4v) is 2.72. The fraction of sp³-hybridized carbons (Fsp3) is 0.176. The maximum absolute atomic E-state index is 10.5. The molecule has 0 bridgehead atoms. The highest BCUT2D eigenvalue weighted by Gasteiger charge is 2.30. The molecular formula is C17H17NO2. The first-order valence-corrected chi connectivity index (χ1v) is 6.61. The van der Waals surface area contributed by atoms with Crippen molar-refractivity contribution in [3.8, 4) is 11.8 Å². The van der Waals surface area contributed by atoms with Crippen molar-refractivity contribution in [1.82, 2.24) is 4.57 Å². The van der Waals surface area contributed by atoms with E-state index >= 15 is 0 Å². The molecule has 0 saturated heterocycles. The monoisotopic (exact) mass is 267 g/mol. The highest BCUT2D eigenvalue weighted by molar-refractivity contribution is 5.93. The quantitative estimate of drug-likeness (QED) is 0.741. The van der Waals surface area contributed by atoms with E-state index in [0.29, 0.717) is 10.8 Å². The molecule has 0 atom stereocenters. The minimum absolute atomic E-state index is 0.0898. The van der Waals surface area contributed by atoms with Gasteiger partial charge in [-0.15, -0.1) is 0 Å². The van der Waals surface area contributed by atoms with Crippen molar-refractivity contribution in [3.05, 3.63) is 60.2 Å². The molecule has 0 spiro atoms. The molecular weight excluding hydrogens is 250 g/mol. The van der Waals surface area contributed by atoms with Crippen molar-refractivity contribution in [2.24, 2.45) is 0 Å². The fourth-order valence-electron chi connectivity index (χ4n) is 2.72. The number of nitrogens with zero attached hydrogens (tertiary/aromatic N) is 1. The molecule has 0 unspecified atom stereocenters. The van der Waals surface area contributed by atoms with Gasteiger partial charge in [0.25, 0.3) is 0 Å². The van der Waals surface area contributed by atoms with Gasteiger partial charge < -0.3 is 10.2 Å². The SMILES string of the molecule is CC(C)(c1ccccc1)n1c(O)c2ccccc2c1O. The van der Waals surface area contributed by atoms with Crippen LogP contribution in [0.1, 0.15) is 19.4 Å². The summed E-state index contributed by atoms with van der Waals surface area (Å²) in [7, 11) is 0. The van der Waals surface area contributed by atoms with E-state index in [4.69, 9.17) is 0 Å². The van der Waals surface area contributed by atoms with E-state index in [2.05, 4.69) is 0 Å². The molecule has 0 aliphatic carbocycles. The number of hydrogen-bond donors (Lipinski definition) is 2. The molecule has 3 rings (SSSR count). The Balaban J connectivity index is 2.29. The normalized spacial score (nSPS) is 11.9. The first kappa shape index (κ1) is 12.6. The van der Waals surface area contributed by atoms with Crippen LogP contribution in [0.4, 0.5) is 0 Å². The summed E-state index contributed by atoms with van der Waals surface area (Å²) in [5.41, 5.74) is 0.472. The number of benzene rings is 2. The minimum Gasteiger partial charge on any atom is -0.494 e. The molecule has 3 nitrogen and oxygen atoms in total. The maximum Gasteiger partial charge on any atom is 0.202 e. The largest absolute Gasteiger partial charge is 0.494 e. The average Bonchev–Trinajstić information content (AvgIpc) is 2.73. The summed E-state index contributed by atoms with van der Waals surface area (Å²) >= 11 is 0. The molecule has 2 N–H and O–H groups in total. The first-order valence-electron chi connectivity index (χ1n) is 6.61. The highest BCUT2D eigenvalue weighted by Crippen LogP contribution is 2.42. The lowest BCUT2D eigenvalue weighted by Gasteiger charge is -2.29. The Morgan fingerprint density at radius 3 is 1.70 bits per heavy atom. The lowest BCUT2D eigenvalue weighted by molar-refractivity contribution is 0.305. The number of aromatic nitrogens is 1. The van der Waals surface area contributed by atoms with Crippen molar-refractivity contribution in [2.45, 2.75) is 19.4 Å². The van der Waals surface area contributed by atoms with Gasteiger partial charge in [-0.25, -0.2) is 0 Å². The predicted octanol–water partition coefficient (Wildman–Crippen LogP) is 3.84. The minimum atomic E-state index is -0.547. The smallest absolute Gasteiger partial charge is 0.202 e. The second kappa shape index (κ2) is 4.30. The summed E-state index contributed by atoms with van der Waals surface area (Å²) in [6.45, 7) is 3.95. The van der Waals surface area contributed by atoms with E-state index in [-0.39, 0.29) is 11.8 Å². The molecule has 0 fully saturated rings. The molecule has 2 aromatic carbocycles. The van der Waals surface area contributed by atoms with Gasteiger partial charge in [0.05, 0.1) is 5.54 Å². The van der Waals surface area contributed by atoms with Crippen LogP contribution in [0.2, 0.25) is 0 Å². The number of hydrogen-bond acceptors (Lipinski definition) is 2. The Labute approximate surface area is 117 Å². The third-order valence-corrected chi connectivity index (χ3v) is 3.87. The third kappa shape index (κ3) is 1.67. The first-order chi connectivity index (χ1) is 9.53. The standard InChI is InChI=1S/C17H17NO2/c1-17(2,12-8-4-3-5-9-12)18-15(19)13-10-6-7-11-14(13)16(18)20/h3-11,19-20H,1-2H3. The van der Waals surface area contributed by atoms with Crippen molar-refractivity contribution in [1.29, 1.82) is 0 Å². The maximum atomic E-state index is 10.5. The van der Waals surface area contributed by atoms with Crippen molar-refractivity contribution in [3.63, 3.8) is 0 Å². The van der Waals surface area contributed by atoms with Gasteiger partial charge in [-0.2, -0.15) is 0 Å². The molecule has 1 heterocycles. The van der Waals surface area contributed by atoms with Crippen molar-refractivity contribution < 1.29 is 10.2 Å². The van der Waals surface area contributed by atoms with Gasteiger partial charge in [-0.3, -0.25) is 4.57 Å². The van der Waals surface area contributed by atoms with Crippen LogP contribution < -0.4 is 0 Å². The second-order valence-electron chi connectivity index (χ2n) is 5.45. The van der Waals surface area contributed by atoms with Crippen LogP contribution in [-0.2, 0) is 5.54 Å². The van der Waals surface area contributed by atoms with Crippen LogP contribution in [0, 0.1) is 0 Å². The van der Waals surface area contributed by atoms with Gasteiger partial charge >= 0.3 is 0 Å². The molecule has 3 aromatic rings. The number of fused-ring (bicyclic) bond motifs is 1. The Bertz CT molecular complexity index is 718. The lowest BCUT2D eigenvalue weighted by atomic mass is 9.94. The van der Waals surface area contributed by atoms with Crippen LogP contribution in [0.5, 0.6) is 11.8 Å². The van der Waals surface area contributed by atoms with Crippen LogP contribution in [0.15, 0.2) is 54.6 Å². The lowest BCUT2D eigenvalue weighted by Crippen LogP contribution is -2.26. The van der Waals surface area contributed by atoms with Crippen LogP contribution >= 0.6 is 0 Å². The van der Waals surface area contributed by atoms with Gasteiger partial charge in [-0.1, -0.05) is 42.5 Å². The molecule has 1 aromatic heterocycles. The van der Waals surface area contributed by atoms with Gasteiger partial charge in [-0.05, 0) is 31.5 Å². The van der Waals surface area contributed by atoms with Crippen LogP contribution in [-0.4, -0.2) is 14.8 Å². The van der Waals surface area contributed by atoms with Gasteiger partial charge in [0.1, 0.15) is 0 Å². The molecule has 0 aliphatic heterocycles. The van der Waals surface area contributed by atoms with Crippen molar-refractivity contribution in [2.75, 3.05) is 0 Å². The van der Waals surface area contributed by atoms with E-state index in [0.717, 1.165) is 5.56 Å². The number of aromatic hydroxyl groups is 2. The van der Waals surface area contributed by atoms with Crippen LogP contribution in [0.25, 0.3) is 10.8 Å². The van der Waals surface area contributed by atoms with Gasteiger partial charge in [0.15, 0.2) is 0 Å². The van der Waals surface area contributed by atoms with E-state index in [1.165, 1.54) is 0 Å². The van der Waals surface area contributed by atoms with E-state index in [1.54, 1.807) is 4.57 Å². The zero-order valence-electron chi connectivity index (χ0n) is 11.5. The average molecular weight is 267 g/mol. The third-order valence-electron chi connectivity index (χ3n) is 3.87. The Morgan fingerprint density at radius 2 is 1.20 bits per heavy atom. The van der Waals surface area contributed by atoms with E-state index in [1.807, 2.05) is 68.4 Å². The summed E-state index contributed by atoms with van der Waals surface area (Å²) in [5.74, 6) is 0.180. The summed E-state index contributed by atoms with van der Waals surface area (Å²) in [4.78, 5) is 0. The zero-order chi connectivity index (χ0) is 14.3. The Hall–Kier alpha value is -2.42. The molecule has 0 radical (unpaired) electrons. The predicted molar refractivity (Wildman–Crippen MR) is 80.1 cm³/mol. The Kier molecular flexibility index (Phi) is 2.71. The highest BCUT2D eigenvalue weighted by atomic mass is 16.3. The summed E-state index contributed by atoms with van der Waals surface area (Å²) in [6, 6.07) is 17.1. The van der Waals surface area contributed by atoms with Crippen molar-refractivity contribution >= 4 is 10.8 Å². The number of rotatable bonds is 2. The summed E-state index contributed by atoms with van der Waals surface area (Å²) in [5, 5.41) is 22.3. The van der Waals surface area contributed by atoms with E-state index in [9.17, 15) is 10.2 Å². The summed E-state index contributed by atoms with van der Waals surface area (Å²) in [6.07, 6.45) is 0. The molecule has 102 valence electrons. The zero-order valence-corrected chi connectivity index (χ0v) is 11.5. The topological polar surface area (TPSA) is 45.4 Å². The Morgan fingerprint density at radius 1 is 0.750 bits per heavy atom. The summed E-state index contributed by atoms with van der Waals surface area (Å²) < 4.78 is 1.58. The second-order valence-corrected chi connectivity index (χ2v) is 5.45. The van der Waals surface area contributed by atoms with Gasteiger partial charge in [0.2, 0.25) is 11.8 Å². The van der Waals surface area contributed by atoms with E-state index < -0.39 is 5.54 Å². The molecule has 0 amide bonds. The molecule has 0 aliphatic rings. The van der Waals surface area contributed by atoms with Gasteiger partial charge in [0, 0.05) is 10.8 Å². The van der Waals surface area contributed by atoms with Crippen LogP contribution in [0.3, 0.4) is 0 Å². The molecule has 3 heteroatoms.